The number of rotatable bonds is 4. The van der Waals surface area contributed by atoms with Gasteiger partial charge < -0.3 is 4.90 Å². The highest BCUT2D eigenvalue weighted by Crippen LogP contribution is 2.27. The van der Waals surface area contributed by atoms with Crippen LogP contribution in [0.15, 0.2) is 48.5 Å². The van der Waals surface area contributed by atoms with Crippen molar-refractivity contribution in [3.63, 3.8) is 0 Å². The summed E-state index contributed by atoms with van der Waals surface area (Å²) in [6.45, 7) is 4.12. The number of carbonyl (C=O) groups excluding carboxylic acids is 1. The predicted molar refractivity (Wildman–Crippen MR) is 87.4 cm³/mol. The largest absolute Gasteiger partial charge is 0.341 e. The highest BCUT2D eigenvalue weighted by Gasteiger charge is 2.32. The Kier molecular flexibility index (Phi) is 4.87. The molecule has 0 bridgehead atoms. The van der Waals surface area contributed by atoms with E-state index < -0.39 is 5.41 Å². The van der Waals surface area contributed by atoms with Gasteiger partial charge in [-0.1, -0.05) is 35.9 Å². The average Bonchev–Trinajstić information content (AvgIpc) is 2.46. The second-order valence-corrected chi connectivity index (χ2v) is 6.36. The van der Waals surface area contributed by atoms with Crippen LogP contribution in [-0.4, -0.2) is 17.9 Å². The minimum absolute atomic E-state index is 0.0286. The van der Waals surface area contributed by atoms with Crippen molar-refractivity contribution in [2.24, 2.45) is 0 Å². The van der Waals surface area contributed by atoms with E-state index in [0.29, 0.717) is 11.6 Å². The van der Waals surface area contributed by atoms with Crippen molar-refractivity contribution in [1.29, 1.82) is 0 Å². The maximum Gasteiger partial charge on any atom is 0.232 e. The first-order chi connectivity index (χ1) is 10.3. The quantitative estimate of drug-likeness (QED) is 0.817. The summed E-state index contributed by atoms with van der Waals surface area (Å²) >= 11 is 5.90. The van der Waals surface area contributed by atoms with Crippen molar-refractivity contribution in [2.75, 3.05) is 7.05 Å². The molecule has 2 rings (SSSR count). The fourth-order valence-electron chi connectivity index (χ4n) is 2.45. The Hall–Kier alpha value is -1.87. The van der Waals surface area contributed by atoms with E-state index >= 15 is 0 Å². The van der Waals surface area contributed by atoms with Crippen LogP contribution >= 0.6 is 11.6 Å². The Morgan fingerprint density at radius 2 is 1.82 bits per heavy atom. The van der Waals surface area contributed by atoms with E-state index in [2.05, 4.69) is 0 Å². The summed E-state index contributed by atoms with van der Waals surface area (Å²) in [4.78, 5) is 14.4. The smallest absolute Gasteiger partial charge is 0.232 e. The molecule has 116 valence electrons. The summed E-state index contributed by atoms with van der Waals surface area (Å²) < 4.78 is 13.2. The van der Waals surface area contributed by atoms with Gasteiger partial charge in [-0.15, -0.1) is 0 Å². The highest BCUT2D eigenvalue weighted by atomic mass is 35.5. The van der Waals surface area contributed by atoms with Crippen molar-refractivity contribution in [3.8, 4) is 0 Å². The van der Waals surface area contributed by atoms with Crippen LogP contribution in [-0.2, 0) is 16.8 Å². The molecule has 2 aromatic rings. The van der Waals surface area contributed by atoms with Gasteiger partial charge in [0.1, 0.15) is 5.82 Å². The van der Waals surface area contributed by atoms with Crippen molar-refractivity contribution >= 4 is 17.5 Å². The number of halogens is 2. The van der Waals surface area contributed by atoms with E-state index in [1.807, 2.05) is 32.0 Å². The maximum atomic E-state index is 13.2. The van der Waals surface area contributed by atoms with Gasteiger partial charge in [0, 0.05) is 18.6 Å². The molecule has 0 atom stereocenters. The molecule has 0 fully saturated rings. The molecular formula is C18H19ClFNO. The van der Waals surface area contributed by atoms with E-state index in [1.165, 1.54) is 12.1 Å². The number of carbonyl (C=O) groups is 1. The topological polar surface area (TPSA) is 20.3 Å². The molecule has 1 amide bonds. The van der Waals surface area contributed by atoms with Crippen LogP contribution in [0.4, 0.5) is 4.39 Å². The average molecular weight is 320 g/mol. The lowest BCUT2D eigenvalue weighted by Gasteiger charge is -2.30. The molecule has 0 heterocycles. The van der Waals surface area contributed by atoms with Gasteiger partial charge in [-0.25, -0.2) is 4.39 Å². The van der Waals surface area contributed by atoms with Gasteiger partial charge in [0.25, 0.3) is 0 Å². The maximum absolute atomic E-state index is 13.2. The Balaban J connectivity index is 2.16. The molecule has 0 saturated carbocycles. The lowest BCUT2D eigenvalue weighted by Crippen LogP contribution is -2.41. The van der Waals surface area contributed by atoms with Gasteiger partial charge in [0.15, 0.2) is 0 Å². The molecule has 0 aliphatic heterocycles. The van der Waals surface area contributed by atoms with Crippen LogP contribution in [0.5, 0.6) is 0 Å². The molecule has 0 saturated heterocycles. The zero-order valence-corrected chi connectivity index (χ0v) is 13.7. The molecule has 2 aromatic carbocycles. The SMILES string of the molecule is CN(Cc1cccc(F)c1)C(=O)C(C)(C)c1ccc(Cl)cc1. The summed E-state index contributed by atoms with van der Waals surface area (Å²) in [6, 6.07) is 13.6. The predicted octanol–water partition coefficient (Wildman–Crippen LogP) is 4.42. The Morgan fingerprint density at radius 3 is 2.41 bits per heavy atom. The number of nitrogens with zero attached hydrogens (tertiary/aromatic N) is 1. The fraction of sp³-hybridized carbons (Fsp3) is 0.278. The van der Waals surface area contributed by atoms with E-state index in [-0.39, 0.29) is 11.7 Å². The van der Waals surface area contributed by atoms with Gasteiger partial charge in [-0.2, -0.15) is 0 Å². The Morgan fingerprint density at radius 1 is 1.18 bits per heavy atom. The van der Waals surface area contributed by atoms with Crippen molar-refractivity contribution in [1.82, 2.24) is 4.90 Å². The van der Waals surface area contributed by atoms with Gasteiger partial charge in [-0.05, 0) is 49.2 Å². The lowest BCUT2D eigenvalue weighted by molar-refractivity contribution is -0.135. The lowest BCUT2D eigenvalue weighted by atomic mass is 9.83. The highest BCUT2D eigenvalue weighted by molar-refractivity contribution is 6.30. The number of likely N-dealkylation sites (N-methyl/N-ethyl adjacent to an activating group) is 1. The first-order valence-corrected chi connectivity index (χ1v) is 7.44. The first kappa shape index (κ1) is 16.5. The zero-order chi connectivity index (χ0) is 16.3. The fourth-order valence-corrected chi connectivity index (χ4v) is 2.57. The number of amides is 1. The Bertz CT molecular complexity index is 667. The Labute approximate surface area is 135 Å². The molecule has 2 nitrogen and oxygen atoms in total. The first-order valence-electron chi connectivity index (χ1n) is 7.07. The molecule has 0 N–H and O–H groups in total. The minimum atomic E-state index is -0.674. The third-order valence-corrected chi connectivity index (χ3v) is 4.01. The summed E-state index contributed by atoms with van der Waals surface area (Å²) in [6.07, 6.45) is 0. The van der Waals surface area contributed by atoms with Crippen LogP contribution < -0.4 is 0 Å². The number of benzene rings is 2. The van der Waals surface area contributed by atoms with Crippen molar-refractivity contribution < 1.29 is 9.18 Å². The summed E-state index contributed by atoms with van der Waals surface area (Å²) in [5, 5.41) is 0.639. The monoisotopic (exact) mass is 319 g/mol. The third kappa shape index (κ3) is 3.66. The molecule has 0 radical (unpaired) electrons. The minimum Gasteiger partial charge on any atom is -0.341 e. The van der Waals surface area contributed by atoms with Crippen LogP contribution in [0.3, 0.4) is 0 Å². The van der Waals surface area contributed by atoms with E-state index in [1.54, 1.807) is 30.1 Å². The second-order valence-electron chi connectivity index (χ2n) is 5.92. The molecule has 0 spiro atoms. The molecule has 0 aliphatic carbocycles. The van der Waals surface area contributed by atoms with E-state index in [4.69, 9.17) is 11.6 Å². The molecule has 22 heavy (non-hydrogen) atoms. The molecular weight excluding hydrogens is 301 g/mol. The van der Waals surface area contributed by atoms with Crippen LogP contribution in [0.2, 0.25) is 5.02 Å². The van der Waals surface area contributed by atoms with Crippen molar-refractivity contribution in [3.05, 3.63) is 70.5 Å². The van der Waals surface area contributed by atoms with Crippen molar-refractivity contribution in [2.45, 2.75) is 25.8 Å². The third-order valence-electron chi connectivity index (χ3n) is 3.76. The van der Waals surface area contributed by atoms with Crippen LogP contribution in [0.1, 0.15) is 25.0 Å². The summed E-state index contributed by atoms with van der Waals surface area (Å²) in [5.41, 5.74) is 0.989. The molecule has 0 unspecified atom stereocenters. The van der Waals surface area contributed by atoms with E-state index in [0.717, 1.165) is 11.1 Å². The van der Waals surface area contributed by atoms with Gasteiger partial charge in [-0.3, -0.25) is 4.79 Å². The molecule has 4 heteroatoms. The summed E-state index contributed by atoms with van der Waals surface area (Å²) in [5.74, 6) is -0.325. The summed E-state index contributed by atoms with van der Waals surface area (Å²) in [7, 11) is 1.73. The van der Waals surface area contributed by atoms with Crippen LogP contribution in [0.25, 0.3) is 0 Å². The standard InChI is InChI=1S/C18H19ClFNO/c1-18(2,14-7-9-15(19)10-8-14)17(22)21(3)12-13-5-4-6-16(20)11-13/h4-11H,12H2,1-3H3. The van der Waals surface area contributed by atoms with Gasteiger partial charge in [0.2, 0.25) is 5.91 Å². The number of hydrogen-bond acceptors (Lipinski definition) is 1. The second kappa shape index (κ2) is 6.49. The molecule has 0 aliphatic rings. The van der Waals surface area contributed by atoms with Gasteiger partial charge >= 0.3 is 0 Å². The van der Waals surface area contributed by atoms with Gasteiger partial charge in [0.05, 0.1) is 5.41 Å². The van der Waals surface area contributed by atoms with Crippen LogP contribution in [0, 0.1) is 5.82 Å². The number of hydrogen-bond donors (Lipinski definition) is 0. The zero-order valence-electron chi connectivity index (χ0n) is 12.9. The van der Waals surface area contributed by atoms with E-state index in [9.17, 15) is 9.18 Å². The molecule has 0 aromatic heterocycles. The normalized spacial score (nSPS) is 11.3.